The zero-order valence-electron chi connectivity index (χ0n) is 11.1. The molecule has 1 aliphatic rings. The van der Waals surface area contributed by atoms with E-state index in [1.54, 1.807) is 19.1 Å². The molecule has 2 N–H and O–H groups in total. The predicted octanol–water partition coefficient (Wildman–Crippen LogP) is 2.53. The molecule has 1 atom stereocenters. The Labute approximate surface area is 119 Å². The first-order chi connectivity index (χ1) is 8.90. The summed E-state index contributed by atoms with van der Waals surface area (Å²) in [5.74, 6) is 0. The summed E-state index contributed by atoms with van der Waals surface area (Å²) in [6, 6.07) is 5.81. The molecule has 0 spiro atoms. The van der Waals surface area contributed by atoms with Crippen molar-refractivity contribution in [2.45, 2.75) is 38.0 Å². The standard InChI is InChI=1S/C13H19ClN2O2S/c1-9-4-3-5-12(14)13(9)16-19(17,18)10(2)8-15-11-6-7-11/h3-5,10-11,15-16H,6-8H2,1-2H3. The van der Waals surface area contributed by atoms with Crippen LogP contribution in [0.1, 0.15) is 25.3 Å². The highest BCUT2D eigenvalue weighted by Crippen LogP contribution is 2.27. The summed E-state index contributed by atoms with van der Waals surface area (Å²) < 4.78 is 27.1. The second-order valence-electron chi connectivity index (χ2n) is 5.07. The van der Waals surface area contributed by atoms with Gasteiger partial charge in [-0.3, -0.25) is 4.72 Å². The minimum atomic E-state index is -3.42. The van der Waals surface area contributed by atoms with Gasteiger partial charge in [0.05, 0.1) is 16.0 Å². The van der Waals surface area contributed by atoms with Gasteiger partial charge < -0.3 is 5.32 Å². The van der Waals surface area contributed by atoms with Crippen LogP contribution >= 0.6 is 11.6 Å². The van der Waals surface area contributed by atoms with Crippen LogP contribution in [0, 0.1) is 6.92 Å². The number of nitrogens with one attached hydrogen (secondary N) is 2. The van der Waals surface area contributed by atoms with Crippen molar-refractivity contribution >= 4 is 27.3 Å². The Bertz CT molecular complexity index is 536. The fraction of sp³-hybridized carbons (Fsp3) is 0.538. The molecule has 1 aromatic carbocycles. The van der Waals surface area contributed by atoms with Gasteiger partial charge >= 0.3 is 0 Å². The maximum absolute atomic E-state index is 12.2. The molecule has 0 bridgehead atoms. The van der Waals surface area contributed by atoms with E-state index in [0.717, 1.165) is 18.4 Å². The molecule has 4 nitrogen and oxygen atoms in total. The van der Waals surface area contributed by atoms with Crippen LogP contribution in [-0.4, -0.2) is 26.3 Å². The molecule has 1 saturated carbocycles. The summed E-state index contributed by atoms with van der Waals surface area (Å²) >= 11 is 6.04. The van der Waals surface area contributed by atoms with Gasteiger partial charge in [0.1, 0.15) is 0 Å². The lowest BCUT2D eigenvalue weighted by atomic mass is 10.2. The van der Waals surface area contributed by atoms with Gasteiger partial charge in [-0.05, 0) is 38.3 Å². The first kappa shape index (κ1) is 14.6. The molecule has 0 radical (unpaired) electrons. The van der Waals surface area contributed by atoms with E-state index in [-0.39, 0.29) is 0 Å². The van der Waals surface area contributed by atoms with E-state index in [4.69, 9.17) is 11.6 Å². The number of anilines is 1. The number of halogens is 1. The lowest BCUT2D eigenvalue weighted by Gasteiger charge is -2.17. The second kappa shape index (κ2) is 5.69. The lowest BCUT2D eigenvalue weighted by Crippen LogP contribution is -2.35. The Hall–Kier alpha value is -0.780. The quantitative estimate of drug-likeness (QED) is 0.849. The Kier molecular flexibility index (Phi) is 4.38. The van der Waals surface area contributed by atoms with Crippen molar-refractivity contribution in [3.63, 3.8) is 0 Å². The van der Waals surface area contributed by atoms with Crippen molar-refractivity contribution in [1.82, 2.24) is 5.32 Å². The van der Waals surface area contributed by atoms with E-state index in [1.165, 1.54) is 0 Å². The number of sulfonamides is 1. The summed E-state index contributed by atoms with van der Waals surface area (Å²) in [6.45, 7) is 3.99. The number of rotatable bonds is 6. The third-order valence-electron chi connectivity index (χ3n) is 3.27. The summed E-state index contributed by atoms with van der Waals surface area (Å²) in [6.07, 6.45) is 2.29. The van der Waals surface area contributed by atoms with Crippen LogP contribution in [-0.2, 0) is 10.0 Å². The Morgan fingerprint density at radius 3 is 2.68 bits per heavy atom. The van der Waals surface area contributed by atoms with E-state index in [2.05, 4.69) is 10.0 Å². The molecule has 19 heavy (non-hydrogen) atoms. The number of aryl methyl sites for hydroxylation is 1. The van der Waals surface area contributed by atoms with Gasteiger partial charge in [0, 0.05) is 12.6 Å². The van der Waals surface area contributed by atoms with Crippen LogP contribution in [0.3, 0.4) is 0 Å². The van der Waals surface area contributed by atoms with Crippen LogP contribution in [0.4, 0.5) is 5.69 Å². The maximum Gasteiger partial charge on any atom is 0.236 e. The van der Waals surface area contributed by atoms with E-state index in [0.29, 0.717) is 23.3 Å². The van der Waals surface area contributed by atoms with Gasteiger partial charge in [-0.25, -0.2) is 8.42 Å². The summed E-state index contributed by atoms with van der Waals surface area (Å²) in [5, 5.41) is 3.15. The molecule has 1 aliphatic carbocycles. The highest BCUT2D eigenvalue weighted by molar-refractivity contribution is 7.93. The molecule has 0 aromatic heterocycles. The fourth-order valence-corrected chi connectivity index (χ4v) is 3.13. The zero-order valence-corrected chi connectivity index (χ0v) is 12.7. The molecule has 0 aliphatic heterocycles. The summed E-state index contributed by atoms with van der Waals surface area (Å²) in [4.78, 5) is 0. The average Bonchev–Trinajstić information content (AvgIpc) is 3.15. The summed E-state index contributed by atoms with van der Waals surface area (Å²) in [7, 11) is -3.42. The van der Waals surface area contributed by atoms with Gasteiger partial charge in [-0.2, -0.15) is 0 Å². The topological polar surface area (TPSA) is 58.2 Å². The van der Waals surface area contributed by atoms with E-state index >= 15 is 0 Å². The van der Waals surface area contributed by atoms with Crippen LogP contribution in [0.5, 0.6) is 0 Å². The first-order valence-corrected chi connectivity index (χ1v) is 8.32. The number of para-hydroxylation sites is 1. The molecular weight excluding hydrogens is 284 g/mol. The van der Waals surface area contributed by atoms with Gasteiger partial charge in [-0.1, -0.05) is 23.7 Å². The summed E-state index contributed by atoms with van der Waals surface area (Å²) in [5.41, 5.74) is 1.29. The number of hydrogen-bond donors (Lipinski definition) is 2. The predicted molar refractivity (Wildman–Crippen MR) is 79.2 cm³/mol. The molecular formula is C13H19ClN2O2S. The van der Waals surface area contributed by atoms with Crippen molar-refractivity contribution in [2.24, 2.45) is 0 Å². The van der Waals surface area contributed by atoms with Crippen molar-refractivity contribution in [3.8, 4) is 0 Å². The molecule has 0 heterocycles. The normalized spacial score (nSPS) is 17.2. The number of hydrogen-bond acceptors (Lipinski definition) is 3. The van der Waals surface area contributed by atoms with Crippen molar-refractivity contribution in [3.05, 3.63) is 28.8 Å². The van der Waals surface area contributed by atoms with Gasteiger partial charge in [0.15, 0.2) is 0 Å². The molecule has 0 amide bonds. The Morgan fingerprint density at radius 2 is 2.11 bits per heavy atom. The SMILES string of the molecule is Cc1cccc(Cl)c1NS(=O)(=O)C(C)CNC1CC1. The molecule has 1 aromatic rings. The molecule has 6 heteroatoms. The second-order valence-corrected chi connectivity index (χ2v) is 7.58. The van der Waals surface area contributed by atoms with E-state index < -0.39 is 15.3 Å². The van der Waals surface area contributed by atoms with Crippen LogP contribution in [0.25, 0.3) is 0 Å². The Morgan fingerprint density at radius 1 is 1.42 bits per heavy atom. The molecule has 1 fully saturated rings. The molecule has 106 valence electrons. The first-order valence-electron chi connectivity index (χ1n) is 6.40. The highest BCUT2D eigenvalue weighted by atomic mass is 35.5. The maximum atomic E-state index is 12.2. The third kappa shape index (κ3) is 3.84. The average molecular weight is 303 g/mol. The monoisotopic (exact) mass is 302 g/mol. The minimum Gasteiger partial charge on any atom is -0.313 e. The van der Waals surface area contributed by atoms with Crippen LogP contribution in [0.15, 0.2) is 18.2 Å². The number of benzene rings is 1. The van der Waals surface area contributed by atoms with Crippen molar-refractivity contribution < 1.29 is 8.42 Å². The third-order valence-corrected chi connectivity index (χ3v) is 5.30. The van der Waals surface area contributed by atoms with Crippen molar-refractivity contribution in [1.29, 1.82) is 0 Å². The largest absolute Gasteiger partial charge is 0.313 e. The Balaban J connectivity index is 2.06. The van der Waals surface area contributed by atoms with Gasteiger partial charge in [0.2, 0.25) is 10.0 Å². The van der Waals surface area contributed by atoms with Gasteiger partial charge in [-0.15, -0.1) is 0 Å². The highest BCUT2D eigenvalue weighted by Gasteiger charge is 2.26. The van der Waals surface area contributed by atoms with E-state index in [1.807, 2.05) is 13.0 Å². The van der Waals surface area contributed by atoms with E-state index in [9.17, 15) is 8.42 Å². The molecule has 2 rings (SSSR count). The van der Waals surface area contributed by atoms with Crippen molar-refractivity contribution in [2.75, 3.05) is 11.3 Å². The smallest absolute Gasteiger partial charge is 0.236 e. The molecule has 0 saturated heterocycles. The minimum absolute atomic E-state index is 0.422. The lowest BCUT2D eigenvalue weighted by molar-refractivity contribution is 0.576. The fourth-order valence-electron chi connectivity index (χ4n) is 1.73. The van der Waals surface area contributed by atoms with Crippen LogP contribution < -0.4 is 10.0 Å². The van der Waals surface area contributed by atoms with Crippen LogP contribution in [0.2, 0.25) is 5.02 Å². The van der Waals surface area contributed by atoms with Gasteiger partial charge in [0.25, 0.3) is 0 Å². The molecule has 1 unspecified atom stereocenters. The zero-order chi connectivity index (χ0) is 14.0.